The zero-order valence-corrected chi connectivity index (χ0v) is 12.9. The SMILES string of the molecule is O=C1OC(c2ccccc2)=N[C@@]1(CBr)Cc1ccccc1. The molecule has 3 rings (SSSR count). The van der Waals surface area contributed by atoms with Crippen LogP contribution >= 0.6 is 15.9 Å². The fourth-order valence-electron chi connectivity index (χ4n) is 2.33. The van der Waals surface area contributed by atoms with E-state index < -0.39 is 5.54 Å². The Balaban J connectivity index is 1.94. The average molecular weight is 344 g/mol. The molecule has 0 fully saturated rings. The number of aliphatic imine (C=N–C) groups is 1. The quantitative estimate of drug-likeness (QED) is 0.630. The molecule has 0 spiro atoms. The fourth-order valence-corrected chi connectivity index (χ4v) is 2.88. The number of alkyl halides is 1. The molecule has 0 radical (unpaired) electrons. The zero-order valence-electron chi connectivity index (χ0n) is 11.3. The van der Waals surface area contributed by atoms with Gasteiger partial charge in [-0.1, -0.05) is 64.5 Å². The van der Waals surface area contributed by atoms with E-state index in [4.69, 9.17) is 4.74 Å². The third-order valence-electron chi connectivity index (χ3n) is 3.47. The second kappa shape index (κ2) is 5.82. The molecule has 2 aromatic rings. The number of cyclic esters (lactones) is 1. The van der Waals surface area contributed by atoms with Gasteiger partial charge in [-0.15, -0.1) is 0 Å². The minimum atomic E-state index is -0.882. The molecule has 0 amide bonds. The highest BCUT2D eigenvalue weighted by Gasteiger charge is 2.45. The van der Waals surface area contributed by atoms with E-state index in [2.05, 4.69) is 20.9 Å². The molecule has 0 N–H and O–H groups in total. The van der Waals surface area contributed by atoms with Crippen molar-refractivity contribution >= 4 is 27.8 Å². The van der Waals surface area contributed by atoms with Gasteiger partial charge in [-0.25, -0.2) is 9.79 Å². The summed E-state index contributed by atoms with van der Waals surface area (Å²) >= 11 is 3.42. The first-order chi connectivity index (χ1) is 10.2. The second-order valence-corrected chi connectivity index (χ2v) is 5.56. The van der Waals surface area contributed by atoms with Crippen LogP contribution in [0.1, 0.15) is 11.1 Å². The van der Waals surface area contributed by atoms with Gasteiger partial charge >= 0.3 is 5.97 Å². The van der Waals surface area contributed by atoms with E-state index in [0.29, 0.717) is 17.6 Å². The molecule has 0 bridgehead atoms. The molecular formula is C17H14BrNO2. The van der Waals surface area contributed by atoms with Gasteiger partial charge in [-0.3, -0.25) is 0 Å². The first-order valence-corrected chi connectivity index (χ1v) is 7.83. The first kappa shape index (κ1) is 14.0. The summed E-state index contributed by atoms with van der Waals surface area (Å²) in [6, 6.07) is 19.4. The van der Waals surface area contributed by atoms with Gasteiger partial charge in [0.15, 0.2) is 5.54 Å². The molecule has 1 atom stereocenters. The largest absolute Gasteiger partial charge is 0.405 e. The van der Waals surface area contributed by atoms with E-state index in [1.54, 1.807) is 0 Å². The lowest BCUT2D eigenvalue weighted by atomic mass is 9.94. The summed E-state index contributed by atoms with van der Waals surface area (Å²) in [5.41, 5.74) is 1.00. The zero-order chi connectivity index (χ0) is 14.7. The van der Waals surface area contributed by atoms with Gasteiger partial charge < -0.3 is 4.74 Å². The molecular weight excluding hydrogens is 330 g/mol. The van der Waals surface area contributed by atoms with Crippen LogP contribution < -0.4 is 0 Å². The van der Waals surface area contributed by atoms with E-state index >= 15 is 0 Å². The number of esters is 1. The summed E-state index contributed by atoms with van der Waals surface area (Å²) in [5.74, 6) is 0.0954. The van der Waals surface area contributed by atoms with Crippen molar-refractivity contribution in [3.63, 3.8) is 0 Å². The smallest absolute Gasteiger partial charge is 0.342 e. The maximum atomic E-state index is 12.3. The van der Waals surface area contributed by atoms with Crippen LogP contribution in [0.4, 0.5) is 0 Å². The fraction of sp³-hybridized carbons (Fsp3) is 0.176. The Morgan fingerprint density at radius 3 is 2.24 bits per heavy atom. The highest BCUT2D eigenvalue weighted by molar-refractivity contribution is 9.09. The van der Waals surface area contributed by atoms with Crippen LogP contribution in [-0.4, -0.2) is 22.7 Å². The number of hydrogen-bond donors (Lipinski definition) is 0. The van der Waals surface area contributed by atoms with Crippen LogP contribution in [0.25, 0.3) is 0 Å². The Morgan fingerprint density at radius 2 is 1.62 bits per heavy atom. The van der Waals surface area contributed by atoms with Crippen molar-refractivity contribution in [2.24, 2.45) is 4.99 Å². The molecule has 0 aliphatic carbocycles. The molecule has 0 unspecified atom stereocenters. The lowest BCUT2D eigenvalue weighted by Gasteiger charge is -2.18. The van der Waals surface area contributed by atoms with Crippen molar-refractivity contribution < 1.29 is 9.53 Å². The molecule has 4 heteroatoms. The standard InChI is InChI=1S/C17H14BrNO2/c18-12-17(11-13-7-3-1-4-8-13)16(20)21-15(19-17)14-9-5-2-6-10-14/h1-10H,11-12H2/t17-/m1/s1. The number of halogens is 1. The monoisotopic (exact) mass is 343 g/mol. The molecule has 0 saturated heterocycles. The van der Waals surface area contributed by atoms with Crippen LogP contribution in [0.3, 0.4) is 0 Å². The van der Waals surface area contributed by atoms with Gasteiger partial charge in [0.25, 0.3) is 0 Å². The van der Waals surface area contributed by atoms with Gasteiger partial charge in [0.2, 0.25) is 5.90 Å². The highest BCUT2D eigenvalue weighted by Crippen LogP contribution is 2.29. The van der Waals surface area contributed by atoms with Crippen molar-refractivity contribution in [3.05, 3.63) is 71.8 Å². The third-order valence-corrected chi connectivity index (χ3v) is 4.39. The Hall–Kier alpha value is -1.94. The normalized spacial score (nSPS) is 21.0. The molecule has 21 heavy (non-hydrogen) atoms. The number of benzene rings is 2. The molecule has 0 saturated carbocycles. The van der Waals surface area contributed by atoms with Gasteiger partial charge in [0.1, 0.15) is 0 Å². The van der Waals surface area contributed by atoms with E-state index in [1.165, 1.54) is 0 Å². The van der Waals surface area contributed by atoms with Crippen LogP contribution in [0.2, 0.25) is 0 Å². The molecule has 1 heterocycles. The number of hydrogen-bond acceptors (Lipinski definition) is 3. The van der Waals surface area contributed by atoms with Gasteiger partial charge in [0, 0.05) is 17.3 Å². The number of carbonyl (C=O) groups excluding carboxylic acids is 1. The summed E-state index contributed by atoms with van der Waals surface area (Å²) < 4.78 is 5.41. The van der Waals surface area contributed by atoms with Crippen molar-refractivity contribution in [2.45, 2.75) is 12.0 Å². The van der Waals surface area contributed by atoms with Gasteiger partial charge in [0.05, 0.1) is 0 Å². The Labute approximate surface area is 131 Å². The minimum Gasteiger partial charge on any atom is -0.405 e. The highest BCUT2D eigenvalue weighted by atomic mass is 79.9. The first-order valence-electron chi connectivity index (χ1n) is 6.71. The van der Waals surface area contributed by atoms with Crippen molar-refractivity contribution in [1.82, 2.24) is 0 Å². The minimum absolute atomic E-state index is 0.304. The predicted octanol–water partition coefficient (Wildman–Crippen LogP) is 3.37. The van der Waals surface area contributed by atoms with E-state index in [0.717, 1.165) is 11.1 Å². The Bertz CT molecular complexity index is 670. The molecule has 1 aliphatic rings. The number of nitrogens with zero attached hydrogens (tertiary/aromatic N) is 1. The summed E-state index contributed by atoms with van der Waals surface area (Å²) in [5, 5.41) is 0.435. The third kappa shape index (κ3) is 2.76. The van der Waals surface area contributed by atoms with E-state index in [-0.39, 0.29) is 5.97 Å². The van der Waals surface area contributed by atoms with Crippen molar-refractivity contribution in [2.75, 3.05) is 5.33 Å². The lowest BCUT2D eigenvalue weighted by molar-refractivity contribution is -0.138. The summed E-state index contributed by atoms with van der Waals surface area (Å²) in [4.78, 5) is 16.9. The van der Waals surface area contributed by atoms with Crippen LogP contribution in [-0.2, 0) is 16.0 Å². The van der Waals surface area contributed by atoms with Crippen LogP contribution in [0.15, 0.2) is 65.7 Å². The molecule has 106 valence electrons. The average Bonchev–Trinajstić information content (AvgIpc) is 2.87. The lowest BCUT2D eigenvalue weighted by Crippen LogP contribution is -2.38. The second-order valence-electron chi connectivity index (χ2n) is 5.00. The maximum absolute atomic E-state index is 12.3. The summed E-state index contributed by atoms with van der Waals surface area (Å²) in [6.07, 6.45) is 0.522. The van der Waals surface area contributed by atoms with Gasteiger partial charge in [-0.05, 0) is 17.7 Å². The van der Waals surface area contributed by atoms with Gasteiger partial charge in [-0.2, -0.15) is 0 Å². The molecule has 1 aliphatic heterocycles. The number of carbonyl (C=O) groups is 1. The number of rotatable bonds is 4. The Morgan fingerprint density at radius 1 is 1.00 bits per heavy atom. The summed E-state index contributed by atoms with van der Waals surface area (Å²) in [7, 11) is 0. The Kier molecular flexibility index (Phi) is 3.88. The van der Waals surface area contributed by atoms with Crippen molar-refractivity contribution in [3.8, 4) is 0 Å². The maximum Gasteiger partial charge on any atom is 0.342 e. The predicted molar refractivity (Wildman–Crippen MR) is 85.7 cm³/mol. The van der Waals surface area contributed by atoms with E-state index in [1.807, 2.05) is 60.7 Å². The van der Waals surface area contributed by atoms with Crippen LogP contribution in [0, 0.1) is 0 Å². The summed E-state index contributed by atoms with van der Waals surface area (Å²) in [6.45, 7) is 0. The van der Waals surface area contributed by atoms with E-state index in [9.17, 15) is 4.79 Å². The topological polar surface area (TPSA) is 38.7 Å². The number of ether oxygens (including phenoxy) is 1. The molecule has 0 aromatic heterocycles. The van der Waals surface area contributed by atoms with Crippen molar-refractivity contribution in [1.29, 1.82) is 0 Å². The molecule has 2 aromatic carbocycles. The molecule has 3 nitrogen and oxygen atoms in total. The van der Waals surface area contributed by atoms with Crippen LogP contribution in [0.5, 0.6) is 0 Å².